The van der Waals surface area contributed by atoms with Gasteiger partial charge < -0.3 is 14.8 Å². The minimum atomic E-state index is -3.68. The molecule has 0 atom stereocenters. The lowest BCUT2D eigenvalue weighted by Gasteiger charge is -2.19. The van der Waals surface area contributed by atoms with E-state index in [1.807, 2.05) is 0 Å². The van der Waals surface area contributed by atoms with Crippen LogP contribution in [0.1, 0.15) is 10.4 Å². The zero-order valence-corrected chi connectivity index (χ0v) is 17.6. The van der Waals surface area contributed by atoms with Gasteiger partial charge in [0, 0.05) is 24.4 Å². The number of nitrogens with zero attached hydrogens (tertiary/aromatic N) is 1. The second-order valence-corrected chi connectivity index (χ2v) is 8.33. The lowest BCUT2D eigenvalue weighted by atomic mass is 10.2. The normalized spacial score (nSPS) is 10.9. The highest BCUT2D eigenvalue weighted by Gasteiger charge is 2.21. The van der Waals surface area contributed by atoms with E-state index >= 15 is 0 Å². The standard InChI is InChI=1S/C22H22N2O5S/c1-24(30(26,27)19-7-5-4-6-8-19)18-12-9-16(10-13-18)22(25)23-17-11-14-20(28-2)21(15-17)29-3/h4-15H,1-3H3,(H,23,25). The van der Waals surface area contributed by atoms with Crippen LogP contribution in [0.15, 0.2) is 77.7 Å². The summed E-state index contributed by atoms with van der Waals surface area (Å²) in [5, 5.41) is 2.78. The first-order chi connectivity index (χ1) is 14.4. The molecule has 0 aromatic heterocycles. The molecule has 0 spiro atoms. The van der Waals surface area contributed by atoms with Crippen molar-refractivity contribution in [3.63, 3.8) is 0 Å². The van der Waals surface area contributed by atoms with Crippen LogP contribution in [0.3, 0.4) is 0 Å². The molecule has 1 N–H and O–H groups in total. The fourth-order valence-corrected chi connectivity index (χ4v) is 4.05. The molecule has 0 aliphatic carbocycles. The monoisotopic (exact) mass is 426 g/mol. The Kier molecular flexibility index (Phi) is 6.27. The van der Waals surface area contributed by atoms with Gasteiger partial charge in [-0.1, -0.05) is 18.2 Å². The fourth-order valence-electron chi connectivity index (χ4n) is 2.83. The van der Waals surface area contributed by atoms with Gasteiger partial charge >= 0.3 is 0 Å². The molecular weight excluding hydrogens is 404 g/mol. The van der Waals surface area contributed by atoms with Crippen molar-refractivity contribution in [2.45, 2.75) is 4.90 Å². The highest BCUT2D eigenvalue weighted by atomic mass is 32.2. The van der Waals surface area contributed by atoms with Gasteiger partial charge in [-0.25, -0.2) is 8.42 Å². The largest absolute Gasteiger partial charge is 0.493 e. The summed E-state index contributed by atoms with van der Waals surface area (Å²) in [6, 6.07) is 19.5. The molecular formula is C22H22N2O5S. The summed E-state index contributed by atoms with van der Waals surface area (Å²) in [7, 11) is 0.843. The van der Waals surface area contributed by atoms with E-state index in [0.717, 1.165) is 0 Å². The summed E-state index contributed by atoms with van der Waals surface area (Å²) in [6.07, 6.45) is 0. The number of nitrogens with one attached hydrogen (secondary N) is 1. The molecule has 30 heavy (non-hydrogen) atoms. The topological polar surface area (TPSA) is 84.9 Å². The van der Waals surface area contributed by atoms with E-state index in [9.17, 15) is 13.2 Å². The molecule has 0 radical (unpaired) electrons. The Hall–Kier alpha value is -3.52. The van der Waals surface area contributed by atoms with Gasteiger partial charge in [-0.15, -0.1) is 0 Å². The maximum atomic E-state index is 12.7. The van der Waals surface area contributed by atoms with E-state index in [2.05, 4.69) is 5.32 Å². The zero-order chi connectivity index (χ0) is 21.7. The van der Waals surface area contributed by atoms with Crippen LogP contribution in [0.4, 0.5) is 11.4 Å². The minimum Gasteiger partial charge on any atom is -0.493 e. The van der Waals surface area contributed by atoms with Gasteiger partial charge in [0.1, 0.15) is 0 Å². The van der Waals surface area contributed by atoms with Crippen molar-refractivity contribution >= 4 is 27.3 Å². The van der Waals surface area contributed by atoms with Crippen LogP contribution in [0.2, 0.25) is 0 Å². The molecule has 0 saturated carbocycles. The Balaban J connectivity index is 1.76. The fraction of sp³-hybridized carbons (Fsp3) is 0.136. The van der Waals surface area contributed by atoms with Crippen molar-refractivity contribution in [1.29, 1.82) is 0 Å². The maximum Gasteiger partial charge on any atom is 0.264 e. The smallest absolute Gasteiger partial charge is 0.264 e. The van der Waals surface area contributed by atoms with Crippen molar-refractivity contribution < 1.29 is 22.7 Å². The number of hydrogen-bond donors (Lipinski definition) is 1. The third kappa shape index (κ3) is 4.38. The summed E-state index contributed by atoms with van der Waals surface area (Å²) < 4.78 is 37.1. The highest BCUT2D eigenvalue weighted by Crippen LogP contribution is 2.30. The average molecular weight is 426 g/mol. The molecule has 3 aromatic carbocycles. The zero-order valence-electron chi connectivity index (χ0n) is 16.8. The molecule has 7 nitrogen and oxygen atoms in total. The first-order valence-electron chi connectivity index (χ1n) is 9.04. The van der Waals surface area contributed by atoms with Crippen LogP contribution < -0.4 is 19.1 Å². The van der Waals surface area contributed by atoms with Gasteiger partial charge in [0.15, 0.2) is 11.5 Å². The summed E-state index contributed by atoms with van der Waals surface area (Å²) >= 11 is 0. The Bertz CT molecular complexity index is 1130. The molecule has 3 aromatic rings. The maximum absolute atomic E-state index is 12.7. The van der Waals surface area contributed by atoms with Crippen LogP contribution in [0.25, 0.3) is 0 Å². The van der Waals surface area contributed by atoms with Gasteiger partial charge in [-0.3, -0.25) is 9.10 Å². The number of benzene rings is 3. The van der Waals surface area contributed by atoms with Gasteiger partial charge in [0.05, 0.1) is 24.8 Å². The predicted octanol–water partition coefficient (Wildman–Crippen LogP) is 3.78. The van der Waals surface area contributed by atoms with E-state index in [-0.39, 0.29) is 10.8 Å². The Morgan fingerprint density at radius 1 is 0.867 bits per heavy atom. The number of carbonyl (C=O) groups is 1. The van der Waals surface area contributed by atoms with E-state index in [4.69, 9.17) is 9.47 Å². The van der Waals surface area contributed by atoms with Crippen LogP contribution >= 0.6 is 0 Å². The van der Waals surface area contributed by atoms with Gasteiger partial charge in [0.2, 0.25) is 0 Å². The predicted molar refractivity (Wildman–Crippen MR) is 116 cm³/mol. The lowest BCUT2D eigenvalue weighted by molar-refractivity contribution is 0.102. The number of amides is 1. The van der Waals surface area contributed by atoms with E-state index in [0.29, 0.717) is 28.4 Å². The number of methoxy groups -OCH3 is 2. The van der Waals surface area contributed by atoms with Crippen molar-refractivity contribution in [2.24, 2.45) is 0 Å². The number of anilines is 2. The molecule has 0 aliphatic heterocycles. The van der Waals surface area contributed by atoms with E-state index in [1.165, 1.54) is 37.7 Å². The number of ether oxygens (including phenoxy) is 2. The Morgan fingerprint density at radius 2 is 1.50 bits per heavy atom. The lowest BCUT2D eigenvalue weighted by Crippen LogP contribution is -2.26. The molecule has 0 bridgehead atoms. The first kappa shape index (κ1) is 21.2. The number of hydrogen-bond acceptors (Lipinski definition) is 5. The van der Waals surface area contributed by atoms with E-state index < -0.39 is 10.0 Å². The van der Waals surface area contributed by atoms with Gasteiger partial charge in [-0.2, -0.15) is 0 Å². The van der Waals surface area contributed by atoms with Crippen LogP contribution in [0, 0.1) is 0 Å². The van der Waals surface area contributed by atoms with Crippen LogP contribution in [-0.4, -0.2) is 35.6 Å². The molecule has 3 rings (SSSR count). The SMILES string of the molecule is COc1ccc(NC(=O)c2ccc(N(C)S(=O)(=O)c3ccccc3)cc2)cc1OC. The van der Waals surface area contributed by atoms with Crippen molar-refractivity contribution in [1.82, 2.24) is 0 Å². The second kappa shape index (κ2) is 8.87. The van der Waals surface area contributed by atoms with E-state index in [1.54, 1.807) is 60.7 Å². The van der Waals surface area contributed by atoms with Gasteiger partial charge in [-0.05, 0) is 48.5 Å². The quantitative estimate of drug-likeness (QED) is 0.621. The summed E-state index contributed by atoms with van der Waals surface area (Å²) in [4.78, 5) is 12.7. The van der Waals surface area contributed by atoms with Crippen molar-refractivity contribution in [3.05, 3.63) is 78.4 Å². The Morgan fingerprint density at radius 3 is 2.10 bits per heavy atom. The molecule has 0 saturated heterocycles. The summed E-state index contributed by atoms with van der Waals surface area (Å²) in [6.45, 7) is 0. The summed E-state index contributed by atoms with van der Waals surface area (Å²) in [5.74, 6) is 0.725. The van der Waals surface area contributed by atoms with Crippen LogP contribution in [-0.2, 0) is 10.0 Å². The average Bonchev–Trinajstić information content (AvgIpc) is 2.79. The third-order valence-electron chi connectivity index (χ3n) is 4.54. The first-order valence-corrected chi connectivity index (χ1v) is 10.5. The molecule has 8 heteroatoms. The summed E-state index contributed by atoms with van der Waals surface area (Å²) in [5.41, 5.74) is 1.38. The van der Waals surface area contributed by atoms with Crippen molar-refractivity contribution in [2.75, 3.05) is 30.9 Å². The molecule has 0 heterocycles. The molecule has 0 fully saturated rings. The minimum absolute atomic E-state index is 0.197. The molecule has 0 aliphatic rings. The number of rotatable bonds is 7. The van der Waals surface area contributed by atoms with Gasteiger partial charge in [0.25, 0.3) is 15.9 Å². The molecule has 0 unspecified atom stereocenters. The number of sulfonamides is 1. The molecule has 156 valence electrons. The number of carbonyl (C=O) groups excluding carboxylic acids is 1. The second-order valence-electron chi connectivity index (χ2n) is 6.36. The Labute approximate surface area is 175 Å². The van der Waals surface area contributed by atoms with Crippen molar-refractivity contribution in [3.8, 4) is 11.5 Å². The van der Waals surface area contributed by atoms with Crippen LogP contribution in [0.5, 0.6) is 11.5 Å². The highest BCUT2D eigenvalue weighted by molar-refractivity contribution is 7.92. The molecule has 1 amide bonds. The third-order valence-corrected chi connectivity index (χ3v) is 6.34.